The van der Waals surface area contributed by atoms with Gasteiger partial charge in [-0.1, -0.05) is 0 Å². The molecule has 0 aromatic carbocycles. The SMILES string of the molecule is CC(=O)C(O)[C@H]1O[C@](O)(C(C)=O)[C@@H](OS(=O)(=O)C(F)(F)F)[C@](O)(C(C)=O)[C@@]1(O)C(C)=O. The third-order valence-corrected chi connectivity index (χ3v) is 5.83. The van der Waals surface area contributed by atoms with Gasteiger partial charge in [0.25, 0.3) is 5.79 Å². The molecule has 0 saturated carbocycles. The number of alkyl halides is 3. The molecule has 16 heteroatoms. The molecule has 1 fully saturated rings. The molecule has 0 amide bonds. The molecule has 0 aromatic rings. The molecule has 1 heterocycles. The van der Waals surface area contributed by atoms with Gasteiger partial charge in [-0.05, 0) is 20.8 Å². The molecule has 1 saturated heterocycles. The lowest BCUT2D eigenvalue weighted by molar-refractivity contribution is -0.366. The Kier molecular flexibility index (Phi) is 6.98. The third kappa shape index (κ3) is 3.92. The maximum absolute atomic E-state index is 12.9. The van der Waals surface area contributed by atoms with Crippen molar-refractivity contribution in [2.75, 3.05) is 0 Å². The molecule has 31 heavy (non-hydrogen) atoms. The normalized spacial score (nSPS) is 35.3. The minimum Gasteiger partial charge on any atom is -0.382 e. The van der Waals surface area contributed by atoms with Gasteiger partial charge in [0.05, 0.1) is 0 Å². The standard InChI is InChI=1S/C15H19F3O12S/c1-5(19)9(23)10-12(24,6(2)20)13(25,7(3)21)11(14(26,29-10)8(4)22)30-31(27,28)15(16,17)18/h9-11,23-26H,1-4H3/t9?,10-,11+,12-,13-,14-/m1/s1. The first-order chi connectivity index (χ1) is 13.6. The zero-order chi connectivity index (χ0) is 25.0. The zero-order valence-corrected chi connectivity index (χ0v) is 17.1. The van der Waals surface area contributed by atoms with Crippen LogP contribution in [-0.2, 0) is 38.2 Å². The van der Waals surface area contributed by atoms with E-state index in [0.717, 1.165) is 0 Å². The highest BCUT2D eigenvalue weighted by molar-refractivity contribution is 7.87. The molecular formula is C15H19F3O12S. The van der Waals surface area contributed by atoms with Gasteiger partial charge in [0.15, 0.2) is 40.4 Å². The Morgan fingerprint density at radius 2 is 1.35 bits per heavy atom. The van der Waals surface area contributed by atoms with Crippen LogP contribution in [0.1, 0.15) is 27.7 Å². The summed E-state index contributed by atoms with van der Waals surface area (Å²) >= 11 is 0. The maximum Gasteiger partial charge on any atom is 0.523 e. The van der Waals surface area contributed by atoms with E-state index in [1.54, 1.807) is 0 Å². The van der Waals surface area contributed by atoms with Crippen LogP contribution in [0, 0.1) is 0 Å². The lowest BCUT2D eigenvalue weighted by Crippen LogP contribution is -2.85. The number of aliphatic hydroxyl groups is 4. The first kappa shape index (κ1) is 27.2. The largest absolute Gasteiger partial charge is 0.523 e. The summed E-state index contributed by atoms with van der Waals surface area (Å²) in [5, 5.41) is 42.4. The summed E-state index contributed by atoms with van der Waals surface area (Å²) in [5.74, 6) is -10.7. The van der Waals surface area contributed by atoms with Crippen molar-refractivity contribution in [2.24, 2.45) is 0 Å². The average molecular weight is 480 g/mol. The second kappa shape index (κ2) is 7.95. The van der Waals surface area contributed by atoms with Crippen LogP contribution < -0.4 is 0 Å². The first-order valence-electron chi connectivity index (χ1n) is 8.18. The van der Waals surface area contributed by atoms with Gasteiger partial charge in [0, 0.05) is 6.92 Å². The van der Waals surface area contributed by atoms with Crippen LogP contribution in [0.5, 0.6) is 0 Å². The van der Waals surface area contributed by atoms with Crippen molar-refractivity contribution in [1.82, 2.24) is 0 Å². The smallest absolute Gasteiger partial charge is 0.382 e. The van der Waals surface area contributed by atoms with E-state index in [2.05, 4.69) is 8.92 Å². The number of ether oxygens (including phenoxy) is 1. The molecule has 6 atom stereocenters. The molecule has 0 bridgehead atoms. The van der Waals surface area contributed by atoms with Gasteiger partial charge < -0.3 is 25.2 Å². The number of ketones is 4. The van der Waals surface area contributed by atoms with Crippen LogP contribution in [0.15, 0.2) is 0 Å². The van der Waals surface area contributed by atoms with Gasteiger partial charge in [-0.15, -0.1) is 0 Å². The molecule has 0 spiro atoms. The van der Waals surface area contributed by atoms with Gasteiger partial charge in [0.1, 0.15) is 12.2 Å². The summed E-state index contributed by atoms with van der Waals surface area (Å²) in [4.78, 5) is 48.1. The lowest BCUT2D eigenvalue weighted by atomic mass is 9.64. The lowest BCUT2D eigenvalue weighted by Gasteiger charge is -2.56. The number of carbonyl (C=O) groups excluding carboxylic acids is 4. The molecule has 178 valence electrons. The number of hydrogen-bond donors (Lipinski definition) is 4. The molecule has 1 aliphatic rings. The number of aliphatic hydroxyl groups excluding tert-OH is 1. The molecule has 1 aliphatic heterocycles. The quantitative estimate of drug-likeness (QED) is 0.220. The van der Waals surface area contributed by atoms with Crippen molar-refractivity contribution in [2.45, 2.75) is 68.5 Å². The number of rotatable bonds is 7. The zero-order valence-electron chi connectivity index (χ0n) is 16.3. The van der Waals surface area contributed by atoms with E-state index in [4.69, 9.17) is 0 Å². The summed E-state index contributed by atoms with van der Waals surface area (Å²) in [5.41, 5.74) is -14.2. The molecule has 0 aliphatic carbocycles. The maximum atomic E-state index is 12.9. The molecule has 12 nitrogen and oxygen atoms in total. The van der Waals surface area contributed by atoms with E-state index in [1.165, 1.54) is 0 Å². The van der Waals surface area contributed by atoms with Gasteiger partial charge in [-0.2, -0.15) is 21.6 Å². The van der Waals surface area contributed by atoms with Gasteiger partial charge in [-0.3, -0.25) is 19.2 Å². The summed E-state index contributed by atoms with van der Waals surface area (Å²) < 4.78 is 70.0. The molecule has 0 aromatic heterocycles. The monoisotopic (exact) mass is 480 g/mol. The number of Topliss-reactive ketones (excluding diaryl/α,β-unsaturated/α-hetero) is 4. The van der Waals surface area contributed by atoms with Crippen LogP contribution in [0.4, 0.5) is 13.2 Å². The van der Waals surface area contributed by atoms with Crippen molar-refractivity contribution in [3.8, 4) is 0 Å². The minimum absolute atomic E-state index is 0.341. The Balaban J connectivity index is 4.06. The summed E-state index contributed by atoms with van der Waals surface area (Å²) in [7, 11) is -6.79. The molecule has 4 N–H and O–H groups in total. The Bertz CT molecular complexity index is 915. The van der Waals surface area contributed by atoms with E-state index in [0.29, 0.717) is 27.7 Å². The molecular weight excluding hydrogens is 461 g/mol. The van der Waals surface area contributed by atoms with Crippen LogP contribution in [0.3, 0.4) is 0 Å². The number of carbonyl (C=O) groups is 4. The van der Waals surface area contributed by atoms with Gasteiger partial charge >= 0.3 is 15.6 Å². The van der Waals surface area contributed by atoms with E-state index in [1.807, 2.05) is 0 Å². The molecule has 1 rings (SSSR count). The van der Waals surface area contributed by atoms with Crippen LogP contribution in [-0.4, -0.2) is 92.8 Å². The van der Waals surface area contributed by atoms with E-state index in [9.17, 15) is 61.2 Å². The fourth-order valence-electron chi connectivity index (χ4n) is 3.05. The second-order valence-electron chi connectivity index (χ2n) is 6.87. The fourth-order valence-corrected chi connectivity index (χ4v) is 3.68. The Hall–Kier alpha value is -1.82. The van der Waals surface area contributed by atoms with Crippen molar-refractivity contribution in [1.29, 1.82) is 0 Å². The minimum atomic E-state index is -6.79. The van der Waals surface area contributed by atoms with Crippen molar-refractivity contribution < 1.29 is 70.1 Å². The van der Waals surface area contributed by atoms with Crippen molar-refractivity contribution >= 4 is 33.3 Å². The Morgan fingerprint density at radius 1 is 0.935 bits per heavy atom. The summed E-state index contributed by atoms with van der Waals surface area (Å²) in [6.07, 6.45) is -9.05. The highest BCUT2D eigenvalue weighted by Crippen LogP contribution is 2.47. The van der Waals surface area contributed by atoms with E-state index < -0.39 is 74.1 Å². The number of hydrogen-bond acceptors (Lipinski definition) is 12. The Labute approximate surface area is 172 Å². The predicted octanol–water partition coefficient (Wildman–Crippen LogP) is -2.51. The Morgan fingerprint density at radius 3 is 1.65 bits per heavy atom. The third-order valence-electron chi connectivity index (χ3n) is 4.82. The van der Waals surface area contributed by atoms with Crippen LogP contribution in [0.2, 0.25) is 0 Å². The second-order valence-corrected chi connectivity index (χ2v) is 8.43. The molecule has 1 unspecified atom stereocenters. The van der Waals surface area contributed by atoms with Crippen molar-refractivity contribution in [3.05, 3.63) is 0 Å². The van der Waals surface area contributed by atoms with Gasteiger partial charge in [0.2, 0.25) is 0 Å². The van der Waals surface area contributed by atoms with E-state index in [-0.39, 0.29) is 0 Å². The average Bonchev–Trinajstić information content (AvgIpc) is 2.59. The summed E-state index contributed by atoms with van der Waals surface area (Å²) in [6, 6.07) is 0. The predicted molar refractivity (Wildman–Crippen MR) is 88.3 cm³/mol. The fraction of sp³-hybridized carbons (Fsp3) is 0.733. The van der Waals surface area contributed by atoms with E-state index >= 15 is 0 Å². The topological polar surface area (TPSA) is 202 Å². The highest BCUT2D eigenvalue weighted by Gasteiger charge is 2.78. The van der Waals surface area contributed by atoms with Crippen molar-refractivity contribution in [3.63, 3.8) is 0 Å². The van der Waals surface area contributed by atoms with Crippen LogP contribution in [0.25, 0.3) is 0 Å². The summed E-state index contributed by atoms with van der Waals surface area (Å²) in [6.45, 7) is 1.83. The highest BCUT2D eigenvalue weighted by atomic mass is 32.2. The van der Waals surface area contributed by atoms with Gasteiger partial charge in [-0.25, -0.2) is 4.18 Å². The number of halogens is 3. The first-order valence-corrected chi connectivity index (χ1v) is 9.59. The molecule has 0 radical (unpaired) electrons. The van der Waals surface area contributed by atoms with Crippen LogP contribution >= 0.6 is 0 Å².